The first-order valence-electron chi connectivity index (χ1n) is 11.6. The van der Waals surface area contributed by atoms with Gasteiger partial charge in [0.2, 0.25) is 0 Å². The lowest BCUT2D eigenvalue weighted by Crippen LogP contribution is -2.45. The third-order valence-corrected chi connectivity index (χ3v) is 6.85. The predicted octanol–water partition coefficient (Wildman–Crippen LogP) is 4.42. The van der Waals surface area contributed by atoms with E-state index >= 15 is 0 Å². The highest BCUT2D eigenvalue weighted by molar-refractivity contribution is 7.09. The average Bonchev–Trinajstić information content (AvgIpc) is 3.52. The lowest BCUT2D eigenvalue weighted by molar-refractivity contribution is -0.00522. The third-order valence-electron chi connectivity index (χ3n) is 5.97. The van der Waals surface area contributed by atoms with Crippen molar-refractivity contribution in [1.29, 1.82) is 0 Å². The van der Waals surface area contributed by atoms with Crippen LogP contribution in [0.4, 0.5) is 11.5 Å². The number of benzene rings is 2. The van der Waals surface area contributed by atoms with Crippen LogP contribution in [-0.4, -0.2) is 47.3 Å². The van der Waals surface area contributed by atoms with Crippen molar-refractivity contribution in [2.45, 2.75) is 32.6 Å². The molecule has 0 saturated carbocycles. The number of morpholine rings is 1. The van der Waals surface area contributed by atoms with Crippen LogP contribution in [0, 0.1) is 0 Å². The second-order valence-electron chi connectivity index (χ2n) is 8.76. The summed E-state index contributed by atoms with van der Waals surface area (Å²) in [5.41, 5.74) is 2.83. The van der Waals surface area contributed by atoms with Crippen LogP contribution >= 0.6 is 11.3 Å². The van der Waals surface area contributed by atoms with Gasteiger partial charge >= 0.3 is 0 Å². The van der Waals surface area contributed by atoms with E-state index in [-0.39, 0.29) is 24.0 Å². The van der Waals surface area contributed by atoms with Crippen molar-refractivity contribution in [3.63, 3.8) is 0 Å². The van der Waals surface area contributed by atoms with Gasteiger partial charge in [0.05, 0.1) is 24.3 Å². The van der Waals surface area contributed by atoms with Gasteiger partial charge in [0.25, 0.3) is 11.8 Å². The maximum atomic E-state index is 12.9. The molecule has 9 heteroatoms. The Balaban J connectivity index is 1.27. The third kappa shape index (κ3) is 5.21. The van der Waals surface area contributed by atoms with Gasteiger partial charge < -0.3 is 20.3 Å². The number of amides is 2. The van der Waals surface area contributed by atoms with Gasteiger partial charge in [-0.2, -0.15) is 5.10 Å². The van der Waals surface area contributed by atoms with Gasteiger partial charge in [-0.3, -0.25) is 14.7 Å². The maximum Gasteiger partial charge on any atom is 0.256 e. The summed E-state index contributed by atoms with van der Waals surface area (Å²) in [6.45, 7) is 6.24. The number of rotatable bonds is 6. The number of thiophene rings is 1. The zero-order valence-electron chi connectivity index (χ0n) is 19.6. The molecule has 0 spiro atoms. The van der Waals surface area contributed by atoms with E-state index in [1.165, 1.54) is 0 Å². The molecule has 1 fully saturated rings. The Hall–Kier alpha value is -3.69. The molecule has 2 aromatic carbocycles. The number of ether oxygens (including phenoxy) is 1. The largest absolute Gasteiger partial charge is 0.372 e. The second-order valence-corrected chi connectivity index (χ2v) is 9.79. The molecule has 0 radical (unpaired) electrons. The SMILES string of the molecule is CC1CN(c2ccc(C(=O)Nc3n[nH]c4ccc(C(=O)NCc5cccs5)cc34)cc2)CC(C)O1. The lowest BCUT2D eigenvalue weighted by atomic mass is 10.1. The van der Waals surface area contributed by atoms with E-state index in [1.54, 1.807) is 29.5 Å². The average molecular weight is 490 g/mol. The summed E-state index contributed by atoms with van der Waals surface area (Å²) in [5.74, 6) is -0.0554. The fraction of sp³-hybridized carbons (Fsp3) is 0.269. The zero-order valence-corrected chi connectivity index (χ0v) is 20.4. The molecule has 5 rings (SSSR count). The quantitative estimate of drug-likeness (QED) is 0.372. The van der Waals surface area contributed by atoms with Crippen LogP contribution in [-0.2, 0) is 11.3 Å². The van der Waals surface area contributed by atoms with Gasteiger partial charge in [-0.15, -0.1) is 11.3 Å². The molecule has 1 aliphatic rings. The number of anilines is 2. The van der Waals surface area contributed by atoms with E-state index < -0.39 is 0 Å². The van der Waals surface area contributed by atoms with Crippen LogP contribution < -0.4 is 15.5 Å². The van der Waals surface area contributed by atoms with Crippen LogP contribution in [0.15, 0.2) is 60.0 Å². The van der Waals surface area contributed by atoms with Crippen molar-refractivity contribution in [2.75, 3.05) is 23.3 Å². The first kappa shape index (κ1) is 23.1. The summed E-state index contributed by atoms with van der Waals surface area (Å²) >= 11 is 1.59. The molecule has 1 saturated heterocycles. The second kappa shape index (κ2) is 9.89. The van der Waals surface area contributed by atoms with E-state index in [1.807, 2.05) is 41.8 Å². The van der Waals surface area contributed by atoms with Crippen molar-refractivity contribution in [2.24, 2.45) is 0 Å². The number of H-pyrrole nitrogens is 1. The fourth-order valence-corrected chi connectivity index (χ4v) is 4.97. The molecule has 2 aromatic heterocycles. The summed E-state index contributed by atoms with van der Waals surface area (Å²) in [6, 6.07) is 16.7. The predicted molar refractivity (Wildman–Crippen MR) is 138 cm³/mol. The molecule has 4 aromatic rings. The first-order valence-corrected chi connectivity index (χ1v) is 12.4. The minimum absolute atomic E-state index is 0.164. The molecule has 8 nitrogen and oxygen atoms in total. The molecule has 180 valence electrons. The number of nitrogens with zero attached hydrogens (tertiary/aromatic N) is 2. The van der Waals surface area contributed by atoms with Gasteiger partial charge in [0.15, 0.2) is 5.82 Å². The molecule has 35 heavy (non-hydrogen) atoms. The maximum absolute atomic E-state index is 12.9. The highest BCUT2D eigenvalue weighted by Gasteiger charge is 2.22. The van der Waals surface area contributed by atoms with Crippen molar-refractivity contribution >= 4 is 45.6 Å². The summed E-state index contributed by atoms with van der Waals surface area (Å²) in [4.78, 5) is 28.9. The van der Waals surface area contributed by atoms with E-state index in [0.29, 0.717) is 28.9 Å². The molecule has 2 amide bonds. The van der Waals surface area contributed by atoms with Gasteiger partial charge in [-0.1, -0.05) is 6.07 Å². The number of carbonyl (C=O) groups excluding carboxylic acids is 2. The fourth-order valence-electron chi connectivity index (χ4n) is 4.33. The summed E-state index contributed by atoms with van der Waals surface area (Å²) in [6.07, 6.45) is 0.328. The lowest BCUT2D eigenvalue weighted by Gasteiger charge is -2.36. The number of fused-ring (bicyclic) bond motifs is 1. The highest BCUT2D eigenvalue weighted by atomic mass is 32.1. The molecule has 3 heterocycles. The van der Waals surface area contributed by atoms with E-state index in [4.69, 9.17) is 4.74 Å². The minimum atomic E-state index is -0.263. The van der Waals surface area contributed by atoms with Gasteiger partial charge in [-0.25, -0.2) is 0 Å². The number of aromatic amines is 1. The van der Waals surface area contributed by atoms with Crippen LogP contribution in [0.1, 0.15) is 39.4 Å². The Morgan fingerprint density at radius 3 is 2.51 bits per heavy atom. The number of hydrogen-bond acceptors (Lipinski definition) is 6. The Kier molecular flexibility index (Phi) is 6.52. The normalized spacial score (nSPS) is 17.9. The van der Waals surface area contributed by atoms with Gasteiger partial charge in [0.1, 0.15) is 0 Å². The van der Waals surface area contributed by atoms with Crippen LogP contribution in [0.3, 0.4) is 0 Å². The summed E-state index contributed by atoms with van der Waals surface area (Å²) < 4.78 is 5.81. The summed E-state index contributed by atoms with van der Waals surface area (Å²) in [5, 5.41) is 15.6. The molecule has 1 aliphatic heterocycles. The molecule has 0 aliphatic carbocycles. The van der Waals surface area contributed by atoms with Crippen molar-refractivity contribution < 1.29 is 14.3 Å². The standard InChI is InChI=1S/C26H27N5O3S/c1-16-14-31(15-17(2)34-16)20-8-5-18(6-9-20)26(33)28-24-22-12-19(7-10-23(22)29-30-24)25(32)27-13-21-4-3-11-35-21/h3-12,16-17H,13-15H2,1-2H3,(H,27,32)(H2,28,29,30,33). The minimum Gasteiger partial charge on any atom is -0.372 e. The van der Waals surface area contributed by atoms with E-state index in [0.717, 1.165) is 29.2 Å². The van der Waals surface area contributed by atoms with Crippen molar-refractivity contribution in [3.05, 3.63) is 76.0 Å². The monoisotopic (exact) mass is 489 g/mol. The van der Waals surface area contributed by atoms with Gasteiger partial charge in [-0.05, 0) is 67.8 Å². The summed E-state index contributed by atoms with van der Waals surface area (Å²) in [7, 11) is 0. The number of nitrogens with one attached hydrogen (secondary N) is 3. The Morgan fingerprint density at radius 2 is 1.80 bits per heavy atom. The van der Waals surface area contributed by atoms with Crippen molar-refractivity contribution in [1.82, 2.24) is 15.5 Å². The number of carbonyl (C=O) groups is 2. The zero-order chi connectivity index (χ0) is 24.4. The Bertz CT molecular complexity index is 1320. The Labute approximate surface area is 207 Å². The topological polar surface area (TPSA) is 99.4 Å². The van der Waals surface area contributed by atoms with E-state index in [9.17, 15) is 9.59 Å². The molecule has 3 N–H and O–H groups in total. The molecular weight excluding hydrogens is 462 g/mol. The Morgan fingerprint density at radius 1 is 1.06 bits per heavy atom. The smallest absolute Gasteiger partial charge is 0.256 e. The van der Waals surface area contributed by atoms with Crippen LogP contribution in [0.25, 0.3) is 10.9 Å². The molecule has 2 atom stereocenters. The highest BCUT2D eigenvalue weighted by Crippen LogP contribution is 2.24. The number of aromatic nitrogens is 2. The number of hydrogen-bond donors (Lipinski definition) is 3. The molecule has 2 unspecified atom stereocenters. The van der Waals surface area contributed by atoms with Crippen LogP contribution in [0.5, 0.6) is 0 Å². The van der Waals surface area contributed by atoms with Gasteiger partial charge in [0, 0.05) is 40.2 Å². The van der Waals surface area contributed by atoms with Crippen LogP contribution in [0.2, 0.25) is 0 Å². The molecule has 0 bridgehead atoms. The van der Waals surface area contributed by atoms with E-state index in [2.05, 4.69) is 39.6 Å². The molecular formula is C26H27N5O3S. The van der Waals surface area contributed by atoms with Crippen molar-refractivity contribution in [3.8, 4) is 0 Å². The first-order chi connectivity index (χ1) is 17.0.